The first-order valence-electron chi connectivity index (χ1n) is 10.1. The summed E-state index contributed by atoms with van der Waals surface area (Å²) >= 11 is 1.58. The van der Waals surface area contributed by atoms with Crippen LogP contribution >= 0.6 is 11.8 Å². The fourth-order valence-electron chi connectivity index (χ4n) is 2.83. The number of hydrogen-bond donors (Lipinski definition) is 0. The van der Waals surface area contributed by atoms with Gasteiger partial charge in [-0.3, -0.25) is 9.36 Å². The molecule has 0 unspecified atom stereocenters. The van der Waals surface area contributed by atoms with Crippen LogP contribution in [0.4, 0.5) is 0 Å². The number of carbonyl (C=O) groups is 1. The molecule has 0 saturated carbocycles. The van der Waals surface area contributed by atoms with E-state index in [4.69, 9.17) is 9.16 Å². The molecule has 1 aromatic carbocycles. The van der Waals surface area contributed by atoms with Crippen molar-refractivity contribution in [1.82, 2.24) is 9.55 Å². The molecule has 30 heavy (non-hydrogen) atoms. The van der Waals surface area contributed by atoms with Gasteiger partial charge in [0.05, 0.1) is 25.3 Å². The van der Waals surface area contributed by atoms with Crippen LogP contribution in [0.3, 0.4) is 0 Å². The third-order valence-corrected chi connectivity index (χ3v) is 11.5. The van der Waals surface area contributed by atoms with E-state index < -0.39 is 8.32 Å². The Morgan fingerprint density at radius 1 is 1.27 bits per heavy atom. The SMILES string of the molecule is CC(C)(C)[Si](C)(C)OC[C@H]1OC[C@@H](n2ccc(CC(=O)c3ccccc3)nc2=O)S1. The zero-order valence-corrected chi connectivity index (χ0v) is 20.1. The molecular weight excluding hydrogens is 416 g/mol. The normalized spacial score (nSPS) is 19.8. The Kier molecular flexibility index (Phi) is 7.01. The molecule has 0 amide bonds. The summed E-state index contributed by atoms with van der Waals surface area (Å²) in [6.07, 6.45) is 1.82. The molecule has 0 N–H and O–H groups in total. The first-order valence-corrected chi connectivity index (χ1v) is 14.0. The Labute approximate surface area is 183 Å². The summed E-state index contributed by atoms with van der Waals surface area (Å²) in [4.78, 5) is 29.0. The molecule has 1 aromatic heterocycles. The topological polar surface area (TPSA) is 70.4 Å². The molecule has 2 aromatic rings. The molecule has 6 nitrogen and oxygen atoms in total. The Morgan fingerprint density at radius 3 is 2.60 bits per heavy atom. The molecule has 0 aliphatic carbocycles. The van der Waals surface area contributed by atoms with Gasteiger partial charge in [-0.05, 0) is 24.2 Å². The number of thioether (sulfide) groups is 1. The molecule has 0 spiro atoms. The Hall–Kier alpha value is -1.74. The molecule has 1 aliphatic rings. The van der Waals surface area contributed by atoms with Crippen LogP contribution in [0.15, 0.2) is 47.4 Å². The molecule has 162 valence electrons. The molecule has 3 rings (SSSR count). The fourth-order valence-corrected chi connectivity index (χ4v) is 5.05. The molecule has 2 atom stereocenters. The molecule has 1 aliphatic heterocycles. The third kappa shape index (κ3) is 5.49. The first kappa shape index (κ1) is 22.9. The number of ketones is 1. The van der Waals surface area contributed by atoms with Crippen LogP contribution in [-0.2, 0) is 15.6 Å². The second kappa shape index (κ2) is 9.17. The smallest absolute Gasteiger partial charge is 0.348 e. The Bertz CT molecular complexity index is 940. The Balaban J connectivity index is 1.60. The summed E-state index contributed by atoms with van der Waals surface area (Å²) in [5.74, 6) is -0.0540. The van der Waals surface area contributed by atoms with E-state index in [2.05, 4.69) is 38.8 Å². The van der Waals surface area contributed by atoms with Crippen molar-refractivity contribution in [3.05, 3.63) is 64.3 Å². The monoisotopic (exact) mass is 446 g/mol. The molecule has 8 heteroatoms. The zero-order valence-electron chi connectivity index (χ0n) is 18.3. The van der Waals surface area contributed by atoms with Gasteiger partial charge in [-0.2, -0.15) is 4.98 Å². The summed E-state index contributed by atoms with van der Waals surface area (Å²) in [5, 5.41) is 0.000638. The van der Waals surface area contributed by atoms with Crippen molar-refractivity contribution in [3.63, 3.8) is 0 Å². The van der Waals surface area contributed by atoms with E-state index in [0.29, 0.717) is 24.5 Å². The molecular formula is C22H30N2O4SSi. The summed E-state index contributed by atoms with van der Waals surface area (Å²) in [7, 11) is -1.84. The number of rotatable bonds is 7. The average molecular weight is 447 g/mol. The van der Waals surface area contributed by atoms with Gasteiger partial charge in [-0.1, -0.05) is 51.1 Å². The average Bonchev–Trinajstić information content (AvgIpc) is 3.15. The van der Waals surface area contributed by atoms with Crippen molar-refractivity contribution in [3.8, 4) is 0 Å². The van der Waals surface area contributed by atoms with Crippen LogP contribution in [0, 0.1) is 0 Å². The van der Waals surface area contributed by atoms with Crippen LogP contribution in [0.5, 0.6) is 0 Å². The van der Waals surface area contributed by atoms with Crippen molar-refractivity contribution in [2.75, 3.05) is 13.2 Å². The van der Waals surface area contributed by atoms with Crippen molar-refractivity contribution in [2.45, 2.75) is 56.1 Å². The maximum Gasteiger partial charge on any atom is 0.348 e. The summed E-state index contributed by atoms with van der Waals surface area (Å²) in [6, 6.07) is 10.8. The van der Waals surface area contributed by atoms with E-state index >= 15 is 0 Å². The first-order chi connectivity index (χ1) is 14.1. The van der Waals surface area contributed by atoms with Crippen LogP contribution < -0.4 is 5.69 Å². The van der Waals surface area contributed by atoms with Gasteiger partial charge in [0.1, 0.15) is 10.8 Å². The second-order valence-corrected chi connectivity index (χ2v) is 15.2. The van der Waals surface area contributed by atoms with Gasteiger partial charge in [0.2, 0.25) is 0 Å². The lowest BCUT2D eigenvalue weighted by Gasteiger charge is -2.36. The highest BCUT2D eigenvalue weighted by Crippen LogP contribution is 2.39. The van der Waals surface area contributed by atoms with Gasteiger partial charge in [-0.25, -0.2) is 4.79 Å². The molecule has 1 fully saturated rings. The van der Waals surface area contributed by atoms with Gasteiger partial charge < -0.3 is 9.16 Å². The molecule has 2 heterocycles. The minimum Gasteiger partial charge on any atom is -0.413 e. The predicted molar refractivity (Wildman–Crippen MR) is 122 cm³/mol. The molecule has 0 radical (unpaired) electrons. The minimum atomic E-state index is -1.84. The van der Waals surface area contributed by atoms with E-state index in [1.54, 1.807) is 40.7 Å². The van der Waals surface area contributed by atoms with Crippen LogP contribution in [0.2, 0.25) is 18.1 Å². The van der Waals surface area contributed by atoms with E-state index in [9.17, 15) is 9.59 Å². The highest BCUT2D eigenvalue weighted by atomic mass is 32.2. The van der Waals surface area contributed by atoms with E-state index in [-0.39, 0.29) is 33.7 Å². The van der Waals surface area contributed by atoms with Crippen LogP contribution in [0.1, 0.15) is 42.2 Å². The van der Waals surface area contributed by atoms with Crippen molar-refractivity contribution >= 4 is 25.9 Å². The van der Waals surface area contributed by atoms with Gasteiger partial charge in [0.15, 0.2) is 14.1 Å². The fraction of sp³-hybridized carbons (Fsp3) is 0.500. The van der Waals surface area contributed by atoms with Crippen molar-refractivity contribution < 1.29 is 14.0 Å². The summed E-state index contributed by atoms with van der Waals surface area (Å²) in [6.45, 7) is 12.0. The van der Waals surface area contributed by atoms with Crippen LogP contribution in [-0.4, -0.2) is 42.3 Å². The lowest BCUT2D eigenvalue weighted by atomic mass is 10.1. The largest absolute Gasteiger partial charge is 0.413 e. The number of hydrogen-bond acceptors (Lipinski definition) is 6. The number of carbonyl (C=O) groups excluding carboxylic acids is 1. The predicted octanol–water partition coefficient (Wildman–Crippen LogP) is 4.28. The Morgan fingerprint density at radius 2 is 1.97 bits per heavy atom. The number of benzene rings is 1. The lowest BCUT2D eigenvalue weighted by molar-refractivity contribution is 0.0835. The number of Topliss-reactive ketones (excluding diaryl/α,β-unsaturated/α-hetero) is 1. The number of ether oxygens (including phenoxy) is 1. The van der Waals surface area contributed by atoms with E-state index in [1.807, 2.05) is 18.2 Å². The summed E-state index contributed by atoms with van der Waals surface area (Å²) in [5.41, 5.74) is 0.635. The summed E-state index contributed by atoms with van der Waals surface area (Å²) < 4.78 is 13.7. The quantitative estimate of drug-likeness (QED) is 0.467. The third-order valence-electron chi connectivity index (χ3n) is 5.76. The maximum absolute atomic E-state index is 12.5. The van der Waals surface area contributed by atoms with Gasteiger partial charge in [-0.15, -0.1) is 11.8 Å². The zero-order chi connectivity index (χ0) is 21.9. The van der Waals surface area contributed by atoms with E-state index in [1.165, 1.54) is 0 Å². The van der Waals surface area contributed by atoms with E-state index in [0.717, 1.165) is 0 Å². The van der Waals surface area contributed by atoms with Gasteiger partial charge in [0.25, 0.3) is 0 Å². The van der Waals surface area contributed by atoms with Crippen molar-refractivity contribution in [2.24, 2.45) is 0 Å². The highest BCUT2D eigenvalue weighted by molar-refractivity contribution is 8.00. The van der Waals surface area contributed by atoms with Gasteiger partial charge in [0, 0.05) is 11.8 Å². The van der Waals surface area contributed by atoms with Gasteiger partial charge >= 0.3 is 5.69 Å². The van der Waals surface area contributed by atoms with Crippen molar-refractivity contribution in [1.29, 1.82) is 0 Å². The number of nitrogens with zero attached hydrogens (tertiary/aromatic N) is 2. The number of aromatic nitrogens is 2. The standard InChI is InChI=1S/C22H30N2O4SSi/c1-22(2,3)30(4,5)28-15-20-27-14-19(29-20)24-12-11-17(23-21(24)26)13-18(25)16-9-7-6-8-10-16/h6-12,19-20H,13-15H2,1-5H3/t19-,20-/m0/s1. The maximum atomic E-state index is 12.5. The minimum absolute atomic E-state index is 0.0540. The molecule has 0 bridgehead atoms. The molecule has 1 saturated heterocycles. The lowest BCUT2D eigenvalue weighted by Crippen LogP contribution is -2.42. The van der Waals surface area contributed by atoms with Crippen LogP contribution in [0.25, 0.3) is 0 Å². The highest BCUT2D eigenvalue weighted by Gasteiger charge is 2.39. The second-order valence-electron chi connectivity index (χ2n) is 9.00.